The number of allylic oxidation sites excluding steroid dienone is 2. The SMILES string of the molecule is C=CC(=C)C1CC2CCC1C(C)C2. The van der Waals surface area contributed by atoms with E-state index >= 15 is 0 Å². The summed E-state index contributed by atoms with van der Waals surface area (Å²) in [5, 5.41) is 0. The Morgan fingerprint density at radius 2 is 2.08 bits per heavy atom. The third-order valence-electron chi connectivity index (χ3n) is 4.19. The quantitative estimate of drug-likeness (QED) is 0.561. The van der Waals surface area contributed by atoms with Gasteiger partial charge in [0, 0.05) is 0 Å². The van der Waals surface area contributed by atoms with Gasteiger partial charge < -0.3 is 0 Å². The van der Waals surface area contributed by atoms with Gasteiger partial charge in [0.2, 0.25) is 0 Å². The molecule has 0 saturated heterocycles. The van der Waals surface area contributed by atoms with Gasteiger partial charge in [-0.05, 0) is 42.9 Å². The molecule has 3 fully saturated rings. The molecule has 0 N–H and O–H groups in total. The van der Waals surface area contributed by atoms with Crippen molar-refractivity contribution in [3.63, 3.8) is 0 Å². The third-order valence-corrected chi connectivity index (χ3v) is 4.19. The van der Waals surface area contributed by atoms with Crippen molar-refractivity contribution >= 4 is 0 Å². The summed E-state index contributed by atoms with van der Waals surface area (Å²) in [6.07, 6.45) is 7.73. The van der Waals surface area contributed by atoms with Gasteiger partial charge in [0.05, 0.1) is 0 Å². The van der Waals surface area contributed by atoms with Crippen molar-refractivity contribution in [2.45, 2.75) is 32.6 Å². The zero-order valence-corrected chi connectivity index (χ0v) is 8.63. The van der Waals surface area contributed by atoms with Crippen molar-refractivity contribution in [3.8, 4) is 0 Å². The molecule has 13 heavy (non-hydrogen) atoms. The summed E-state index contributed by atoms with van der Waals surface area (Å²) < 4.78 is 0. The fourth-order valence-electron chi connectivity index (χ4n) is 3.45. The largest absolute Gasteiger partial charge is 0.0988 e. The summed E-state index contributed by atoms with van der Waals surface area (Å²) >= 11 is 0. The minimum absolute atomic E-state index is 0.764. The second kappa shape index (κ2) is 3.32. The highest BCUT2D eigenvalue weighted by Gasteiger charge is 2.40. The molecule has 3 saturated carbocycles. The molecule has 0 amide bonds. The summed E-state index contributed by atoms with van der Waals surface area (Å²) in [6, 6.07) is 0. The molecule has 0 heteroatoms. The molecular formula is C13H20. The maximum absolute atomic E-state index is 4.13. The van der Waals surface area contributed by atoms with Crippen LogP contribution in [0, 0.1) is 23.7 Å². The first-order valence-corrected chi connectivity index (χ1v) is 5.53. The lowest BCUT2D eigenvalue weighted by Gasteiger charge is -2.47. The van der Waals surface area contributed by atoms with Gasteiger partial charge in [0.1, 0.15) is 0 Å². The van der Waals surface area contributed by atoms with Gasteiger partial charge in [0.15, 0.2) is 0 Å². The summed E-state index contributed by atoms with van der Waals surface area (Å²) in [5.74, 6) is 3.59. The number of hydrogen-bond acceptors (Lipinski definition) is 0. The van der Waals surface area contributed by atoms with Crippen LogP contribution in [0.25, 0.3) is 0 Å². The van der Waals surface area contributed by atoms with Gasteiger partial charge in [-0.1, -0.05) is 38.2 Å². The summed E-state index contributed by atoms with van der Waals surface area (Å²) in [6.45, 7) is 10.4. The first-order valence-electron chi connectivity index (χ1n) is 5.53. The molecule has 0 aromatic rings. The van der Waals surface area contributed by atoms with Crippen LogP contribution in [0.15, 0.2) is 24.8 Å². The van der Waals surface area contributed by atoms with Crippen LogP contribution >= 0.6 is 0 Å². The van der Waals surface area contributed by atoms with Crippen LogP contribution < -0.4 is 0 Å². The normalized spacial score (nSPS) is 43.2. The Balaban J connectivity index is 2.14. The van der Waals surface area contributed by atoms with Crippen molar-refractivity contribution in [3.05, 3.63) is 24.8 Å². The van der Waals surface area contributed by atoms with Gasteiger partial charge >= 0.3 is 0 Å². The lowest BCUT2D eigenvalue weighted by molar-refractivity contribution is 0.0661. The molecule has 3 aliphatic carbocycles. The Morgan fingerprint density at radius 3 is 2.62 bits per heavy atom. The van der Waals surface area contributed by atoms with E-state index in [0.717, 1.165) is 23.7 Å². The van der Waals surface area contributed by atoms with Crippen LogP contribution in [0.3, 0.4) is 0 Å². The molecule has 4 unspecified atom stereocenters. The van der Waals surface area contributed by atoms with Crippen LogP contribution in [-0.4, -0.2) is 0 Å². The van der Waals surface area contributed by atoms with Gasteiger partial charge in [-0.2, -0.15) is 0 Å². The predicted molar refractivity (Wildman–Crippen MR) is 57.4 cm³/mol. The molecule has 0 aromatic heterocycles. The van der Waals surface area contributed by atoms with E-state index in [-0.39, 0.29) is 0 Å². The van der Waals surface area contributed by atoms with E-state index < -0.39 is 0 Å². The topological polar surface area (TPSA) is 0 Å². The minimum atomic E-state index is 0.764. The van der Waals surface area contributed by atoms with Crippen molar-refractivity contribution < 1.29 is 0 Å². The molecular weight excluding hydrogens is 156 g/mol. The molecule has 0 spiro atoms. The molecule has 4 atom stereocenters. The minimum Gasteiger partial charge on any atom is -0.0988 e. The van der Waals surface area contributed by atoms with Gasteiger partial charge in [-0.25, -0.2) is 0 Å². The smallest absolute Gasteiger partial charge is 0.0135 e. The monoisotopic (exact) mass is 176 g/mol. The Labute approximate surface area is 81.7 Å². The summed E-state index contributed by atoms with van der Waals surface area (Å²) in [4.78, 5) is 0. The third kappa shape index (κ3) is 1.47. The van der Waals surface area contributed by atoms with E-state index in [9.17, 15) is 0 Å². The molecule has 0 heterocycles. The Morgan fingerprint density at radius 1 is 1.31 bits per heavy atom. The van der Waals surface area contributed by atoms with Crippen LogP contribution in [-0.2, 0) is 0 Å². The molecule has 72 valence electrons. The Bertz CT molecular complexity index is 226. The molecule has 2 bridgehead atoms. The zero-order valence-electron chi connectivity index (χ0n) is 8.63. The second-order valence-corrected chi connectivity index (χ2v) is 4.94. The molecule has 0 nitrogen and oxygen atoms in total. The van der Waals surface area contributed by atoms with Crippen molar-refractivity contribution in [2.75, 3.05) is 0 Å². The van der Waals surface area contributed by atoms with E-state index in [2.05, 4.69) is 20.1 Å². The Hall–Kier alpha value is -0.520. The van der Waals surface area contributed by atoms with Gasteiger partial charge in [-0.3, -0.25) is 0 Å². The maximum Gasteiger partial charge on any atom is -0.0135 e. The van der Waals surface area contributed by atoms with E-state index in [1.54, 1.807) is 0 Å². The van der Waals surface area contributed by atoms with Crippen molar-refractivity contribution in [1.82, 2.24) is 0 Å². The highest BCUT2D eigenvalue weighted by molar-refractivity contribution is 5.18. The number of hydrogen-bond donors (Lipinski definition) is 0. The lowest BCUT2D eigenvalue weighted by Crippen LogP contribution is -2.37. The number of rotatable bonds is 2. The number of fused-ring (bicyclic) bond motifs is 3. The first kappa shape index (κ1) is 9.05. The summed E-state index contributed by atoms with van der Waals surface area (Å²) in [5.41, 5.74) is 1.29. The van der Waals surface area contributed by atoms with E-state index in [1.165, 1.54) is 31.3 Å². The lowest BCUT2D eigenvalue weighted by atomic mass is 9.58. The molecule has 0 aliphatic heterocycles. The second-order valence-electron chi connectivity index (χ2n) is 4.94. The fraction of sp³-hybridized carbons (Fsp3) is 0.692. The van der Waals surface area contributed by atoms with Crippen LogP contribution in [0.2, 0.25) is 0 Å². The predicted octanol–water partition coefficient (Wildman–Crippen LogP) is 3.80. The highest BCUT2D eigenvalue weighted by Crippen LogP contribution is 2.50. The van der Waals surface area contributed by atoms with Gasteiger partial charge in [-0.15, -0.1) is 0 Å². The molecule has 3 aliphatic rings. The van der Waals surface area contributed by atoms with Crippen LogP contribution in [0.5, 0.6) is 0 Å². The van der Waals surface area contributed by atoms with Crippen molar-refractivity contribution in [1.29, 1.82) is 0 Å². The summed E-state index contributed by atoms with van der Waals surface area (Å²) in [7, 11) is 0. The fourth-order valence-corrected chi connectivity index (χ4v) is 3.45. The molecule has 3 rings (SSSR count). The highest BCUT2D eigenvalue weighted by atomic mass is 14.4. The molecule has 0 radical (unpaired) electrons. The van der Waals surface area contributed by atoms with E-state index in [1.807, 2.05) is 6.08 Å². The van der Waals surface area contributed by atoms with Gasteiger partial charge in [0.25, 0.3) is 0 Å². The molecule has 0 aromatic carbocycles. The van der Waals surface area contributed by atoms with Crippen LogP contribution in [0.4, 0.5) is 0 Å². The zero-order chi connectivity index (χ0) is 9.42. The average Bonchev–Trinajstić information content (AvgIpc) is 2.17. The maximum atomic E-state index is 4.13. The van der Waals surface area contributed by atoms with E-state index in [4.69, 9.17) is 0 Å². The van der Waals surface area contributed by atoms with Crippen LogP contribution in [0.1, 0.15) is 32.6 Å². The Kier molecular flexibility index (Phi) is 2.31. The first-order chi connectivity index (χ1) is 6.22. The average molecular weight is 176 g/mol. The standard InChI is InChI=1S/C13H20/c1-4-9(2)13-8-11-5-6-12(13)10(3)7-11/h4,10-13H,1-2,5-8H2,3H3. The van der Waals surface area contributed by atoms with Crippen molar-refractivity contribution in [2.24, 2.45) is 23.7 Å². The van der Waals surface area contributed by atoms with E-state index in [0.29, 0.717) is 0 Å².